The molecule has 0 saturated carbocycles. The van der Waals surface area contributed by atoms with Crippen LogP contribution >= 0.6 is 23.4 Å². The first kappa shape index (κ1) is 19.6. The summed E-state index contributed by atoms with van der Waals surface area (Å²) in [6, 6.07) is 14.6. The highest BCUT2D eigenvalue weighted by Crippen LogP contribution is 2.37. The van der Waals surface area contributed by atoms with Crippen molar-refractivity contribution in [3.8, 4) is 5.75 Å². The van der Waals surface area contributed by atoms with E-state index in [4.69, 9.17) is 16.3 Å². The Morgan fingerprint density at radius 3 is 2.78 bits per heavy atom. The summed E-state index contributed by atoms with van der Waals surface area (Å²) in [5.41, 5.74) is 0.441. The third-order valence-electron chi connectivity index (χ3n) is 4.28. The Morgan fingerprint density at radius 2 is 2.00 bits per heavy atom. The van der Waals surface area contributed by atoms with Gasteiger partial charge in [0.15, 0.2) is 0 Å². The van der Waals surface area contributed by atoms with Crippen molar-refractivity contribution in [2.24, 2.45) is 0 Å². The molecule has 0 unspecified atom stereocenters. The van der Waals surface area contributed by atoms with Crippen LogP contribution in [0.4, 0.5) is 11.4 Å². The molecule has 0 aromatic heterocycles. The molecule has 1 aliphatic heterocycles. The van der Waals surface area contributed by atoms with Gasteiger partial charge in [0.05, 0.1) is 23.7 Å². The summed E-state index contributed by atoms with van der Waals surface area (Å²) < 4.78 is 5.63. The van der Waals surface area contributed by atoms with E-state index >= 15 is 0 Å². The Bertz CT molecular complexity index is 857. The zero-order chi connectivity index (χ0) is 19.4. The van der Waals surface area contributed by atoms with Crippen LogP contribution in [0.2, 0.25) is 5.02 Å². The predicted molar refractivity (Wildman–Crippen MR) is 111 cm³/mol. The monoisotopic (exact) mass is 404 g/mol. The molecule has 0 radical (unpaired) electrons. The van der Waals surface area contributed by atoms with Crippen molar-refractivity contribution < 1.29 is 14.3 Å². The number of rotatable bonds is 6. The zero-order valence-electron chi connectivity index (χ0n) is 15.2. The van der Waals surface area contributed by atoms with Gasteiger partial charge in [-0.2, -0.15) is 0 Å². The Balaban J connectivity index is 1.58. The number of thioether (sulfide) groups is 1. The van der Waals surface area contributed by atoms with Gasteiger partial charge in [-0.3, -0.25) is 14.5 Å². The van der Waals surface area contributed by atoms with Crippen molar-refractivity contribution in [3.05, 3.63) is 53.6 Å². The molecule has 0 bridgehead atoms. The van der Waals surface area contributed by atoms with Crippen molar-refractivity contribution >= 4 is 46.6 Å². The summed E-state index contributed by atoms with van der Waals surface area (Å²) >= 11 is 7.40. The summed E-state index contributed by atoms with van der Waals surface area (Å²) in [4.78, 5) is 26.9. The van der Waals surface area contributed by atoms with Gasteiger partial charge < -0.3 is 10.1 Å². The summed E-state index contributed by atoms with van der Waals surface area (Å²) in [5.74, 6) is 1.33. The minimum absolute atomic E-state index is 0.102. The number of anilines is 2. The third-order valence-corrected chi connectivity index (χ3v) is 5.42. The van der Waals surface area contributed by atoms with E-state index in [0.717, 1.165) is 5.69 Å². The van der Waals surface area contributed by atoms with Crippen LogP contribution in [-0.4, -0.2) is 35.5 Å². The Labute approximate surface area is 168 Å². The van der Waals surface area contributed by atoms with Gasteiger partial charge in [-0.15, -0.1) is 11.8 Å². The van der Waals surface area contributed by atoms with Crippen LogP contribution in [-0.2, 0) is 9.59 Å². The molecular formula is C20H21ClN2O3S. The molecule has 1 N–H and O–H groups in total. The van der Waals surface area contributed by atoms with Crippen LogP contribution in [0.1, 0.15) is 13.8 Å². The van der Waals surface area contributed by atoms with E-state index in [1.54, 1.807) is 36.9 Å². The van der Waals surface area contributed by atoms with Crippen molar-refractivity contribution in [1.29, 1.82) is 0 Å². The fourth-order valence-electron chi connectivity index (χ4n) is 2.90. The van der Waals surface area contributed by atoms with E-state index in [0.29, 0.717) is 28.8 Å². The summed E-state index contributed by atoms with van der Waals surface area (Å²) in [6.07, 6.45) is 0. The number of para-hydroxylation sites is 2. The highest BCUT2D eigenvalue weighted by Gasteiger charge is 2.43. The first-order valence-electron chi connectivity index (χ1n) is 8.59. The third kappa shape index (κ3) is 4.39. The average molecular weight is 405 g/mol. The molecule has 3 rings (SSSR count). The van der Waals surface area contributed by atoms with E-state index in [9.17, 15) is 9.59 Å². The second-order valence-corrected chi connectivity index (χ2v) is 8.16. The minimum Gasteiger partial charge on any atom is -0.493 e. The first-order chi connectivity index (χ1) is 12.9. The van der Waals surface area contributed by atoms with Gasteiger partial charge in [0.1, 0.15) is 11.3 Å². The molecule has 0 saturated heterocycles. The second-order valence-electron chi connectivity index (χ2n) is 6.62. The molecule has 2 amide bonds. The first-order valence-corrected chi connectivity index (χ1v) is 10.1. The molecule has 5 nitrogen and oxygen atoms in total. The van der Waals surface area contributed by atoms with Gasteiger partial charge in [-0.25, -0.2) is 0 Å². The van der Waals surface area contributed by atoms with E-state index in [-0.39, 0.29) is 17.6 Å². The quantitative estimate of drug-likeness (QED) is 0.732. The Hall–Kier alpha value is -2.18. The van der Waals surface area contributed by atoms with Crippen LogP contribution in [0, 0.1) is 0 Å². The van der Waals surface area contributed by atoms with Gasteiger partial charge in [-0.05, 0) is 44.2 Å². The van der Waals surface area contributed by atoms with Crippen LogP contribution in [0.25, 0.3) is 0 Å². The number of ether oxygens (including phenoxy) is 1. The van der Waals surface area contributed by atoms with Gasteiger partial charge in [0.25, 0.3) is 0 Å². The van der Waals surface area contributed by atoms with Crippen molar-refractivity contribution in [3.63, 3.8) is 0 Å². The van der Waals surface area contributed by atoms with E-state index < -0.39 is 5.54 Å². The maximum absolute atomic E-state index is 12.9. The molecular weight excluding hydrogens is 384 g/mol. The van der Waals surface area contributed by atoms with Crippen LogP contribution in [0.3, 0.4) is 0 Å². The number of nitrogens with zero attached hydrogens (tertiary/aromatic N) is 1. The standard InChI is InChI=1S/C20H21ClN2O3S/c1-20(2)19(25)22-16-8-3-4-9-17(16)23(20)18(24)13-27-11-10-26-15-7-5-6-14(21)12-15/h3-9,12H,10-11,13H2,1-2H3,(H,22,25). The van der Waals surface area contributed by atoms with Crippen molar-refractivity contribution in [2.75, 3.05) is 28.3 Å². The topological polar surface area (TPSA) is 58.6 Å². The van der Waals surface area contributed by atoms with E-state index in [1.165, 1.54) is 11.8 Å². The molecule has 2 aromatic carbocycles. The maximum atomic E-state index is 12.9. The number of halogens is 1. The predicted octanol–water partition coefficient (Wildman–Crippen LogP) is 4.22. The molecule has 7 heteroatoms. The minimum atomic E-state index is -0.941. The number of amides is 2. The van der Waals surface area contributed by atoms with E-state index in [2.05, 4.69) is 5.32 Å². The van der Waals surface area contributed by atoms with Gasteiger partial charge in [0, 0.05) is 10.8 Å². The molecule has 0 atom stereocenters. The van der Waals surface area contributed by atoms with E-state index in [1.807, 2.05) is 30.3 Å². The van der Waals surface area contributed by atoms with Crippen LogP contribution in [0.15, 0.2) is 48.5 Å². The number of hydrogen-bond donors (Lipinski definition) is 1. The largest absolute Gasteiger partial charge is 0.493 e. The molecule has 1 heterocycles. The Morgan fingerprint density at radius 1 is 1.22 bits per heavy atom. The number of carbonyl (C=O) groups excluding carboxylic acids is 2. The molecule has 0 fully saturated rings. The number of hydrogen-bond acceptors (Lipinski definition) is 4. The maximum Gasteiger partial charge on any atom is 0.250 e. The van der Waals surface area contributed by atoms with Crippen LogP contribution in [0.5, 0.6) is 5.75 Å². The highest BCUT2D eigenvalue weighted by atomic mass is 35.5. The van der Waals surface area contributed by atoms with Gasteiger partial charge in [-0.1, -0.05) is 29.8 Å². The summed E-state index contributed by atoms with van der Waals surface area (Å²) in [5, 5.41) is 3.49. The molecule has 1 aliphatic rings. The smallest absolute Gasteiger partial charge is 0.250 e. The zero-order valence-corrected chi connectivity index (χ0v) is 16.8. The molecule has 0 aliphatic carbocycles. The number of nitrogens with one attached hydrogen (secondary N) is 1. The molecule has 142 valence electrons. The molecule has 2 aromatic rings. The lowest BCUT2D eigenvalue weighted by Crippen LogP contribution is -2.59. The summed E-state index contributed by atoms with van der Waals surface area (Å²) in [6.45, 7) is 3.98. The van der Waals surface area contributed by atoms with Crippen molar-refractivity contribution in [2.45, 2.75) is 19.4 Å². The van der Waals surface area contributed by atoms with Crippen LogP contribution < -0.4 is 15.0 Å². The lowest BCUT2D eigenvalue weighted by atomic mass is 9.96. The average Bonchev–Trinajstić information content (AvgIpc) is 2.62. The lowest BCUT2D eigenvalue weighted by Gasteiger charge is -2.42. The Kier molecular flexibility index (Phi) is 5.97. The fraction of sp³-hybridized carbons (Fsp3) is 0.300. The van der Waals surface area contributed by atoms with Gasteiger partial charge in [0.2, 0.25) is 11.8 Å². The lowest BCUT2D eigenvalue weighted by molar-refractivity contribution is -0.125. The number of carbonyl (C=O) groups is 2. The van der Waals surface area contributed by atoms with Crippen molar-refractivity contribution in [1.82, 2.24) is 0 Å². The SMILES string of the molecule is CC1(C)C(=O)Nc2ccccc2N1C(=O)CSCCOc1cccc(Cl)c1. The van der Waals surface area contributed by atoms with Gasteiger partial charge >= 0.3 is 0 Å². The normalized spacial score (nSPS) is 15.1. The number of fused-ring (bicyclic) bond motifs is 1. The number of benzene rings is 2. The molecule has 0 spiro atoms. The summed E-state index contributed by atoms with van der Waals surface area (Å²) in [7, 11) is 0. The molecule has 27 heavy (non-hydrogen) atoms. The second kappa shape index (κ2) is 8.23. The fourth-order valence-corrected chi connectivity index (χ4v) is 3.73. The highest BCUT2D eigenvalue weighted by molar-refractivity contribution is 7.99.